The fraction of sp³-hybridized carbons (Fsp3) is 0.593. The van der Waals surface area contributed by atoms with Crippen molar-refractivity contribution < 1.29 is 9.47 Å². The van der Waals surface area contributed by atoms with Crippen molar-refractivity contribution in [2.24, 2.45) is 0 Å². The maximum atomic E-state index is 5.56. The monoisotopic (exact) mass is 512 g/mol. The predicted molar refractivity (Wildman–Crippen MR) is 150 cm³/mol. The summed E-state index contributed by atoms with van der Waals surface area (Å²) < 4.78 is 10.7. The molecule has 0 spiro atoms. The molecule has 196 valence electrons. The lowest BCUT2D eigenvalue weighted by Gasteiger charge is -2.31. The summed E-state index contributed by atoms with van der Waals surface area (Å²) in [5, 5.41) is 11.2. The Labute approximate surface area is 220 Å². The van der Waals surface area contributed by atoms with Crippen molar-refractivity contribution in [1.82, 2.24) is 20.6 Å². The van der Waals surface area contributed by atoms with E-state index in [-0.39, 0.29) is 0 Å². The van der Waals surface area contributed by atoms with Gasteiger partial charge >= 0.3 is 0 Å². The van der Waals surface area contributed by atoms with Crippen LogP contribution in [0.15, 0.2) is 18.2 Å². The summed E-state index contributed by atoms with van der Waals surface area (Å²) in [6.07, 6.45) is 9.73. The SMILES string of the molecule is COc1ccc(CCNC(=S)N[C@H]2CC[C@@H](Nc3nc4c(c(N(C)C)n3)CCCC4)CC2)cc1OC. The molecule has 36 heavy (non-hydrogen) atoms. The van der Waals surface area contributed by atoms with Crippen molar-refractivity contribution in [3.63, 3.8) is 0 Å². The van der Waals surface area contributed by atoms with Gasteiger partial charge in [-0.1, -0.05) is 6.07 Å². The molecule has 2 aliphatic rings. The van der Waals surface area contributed by atoms with Gasteiger partial charge in [0.05, 0.1) is 19.9 Å². The van der Waals surface area contributed by atoms with Crippen molar-refractivity contribution in [2.45, 2.75) is 69.9 Å². The number of nitrogens with zero attached hydrogens (tertiary/aromatic N) is 3. The van der Waals surface area contributed by atoms with Crippen LogP contribution in [0.2, 0.25) is 0 Å². The average molecular weight is 513 g/mol. The Morgan fingerprint density at radius 1 is 1.00 bits per heavy atom. The van der Waals surface area contributed by atoms with Crippen LogP contribution in [-0.2, 0) is 19.3 Å². The largest absolute Gasteiger partial charge is 0.493 e. The average Bonchev–Trinajstić information content (AvgIpc) is 2.89. The minimum absolute atomic E-state index is 0.394. The third-order valence-electron chi connectivity index (χ3n) is 7.13. The van der Waals surface area contributed by atoms with E-state index in [2.05, 4.69) is 41.0 Å². The summed E-state index contributed by atoms with van der Waals surface area (Å²) in [7, 11) is 7.45. The normalized spacial score (nSPS) is 19.1. The highest BCUT2D eigenvalue weighted by molar-refractivity contribution is 7.80. The van der Waals surface area contributed by atoms with Crippen molar-refractivity contribution >= 4 is 29.1 Å². The Morgan fingerprint density at radius 3 is 2.44 bits per heavy atom. The first-order valence-corrected chi connectivity index (χ1v) is 13.5. The number of fused-ring (bicyclic) bond motifs is 1. The fourth-order valence-corrected chi connectivity index (χ4v) is 5.44. The van der Waals surface area contributed by atoms with Crippen LogP contribution in [0, 0.1) is 0 Å². The summed E-state index contributed by atoms with van der Waals surface area (Å²) >= 11 is 5.56. The van der Waals surface area contributed by atoms with Gasteiger partial charge in [-0.05, 0) is 87.7 Å². The van der Waals surface area contributed by atoms with E-state index in [4.69, 9.17) is 31.7 Å². The second-order valence-electron chi connectivity index (χ2n) is 9.93. The van der Waals surface area contributed by atoms with E-state index in [9.17, 15) is 0 Å². The van der Waals surface area contributed by atoms with Gasteiger partial charge in [-0.15, -0.1) is 0 Å². The maximum Gasteiger partial charge on any atom is 0.225 e. The van der Waals surface area contributed by atoms with Gasteiger partial charge in [0.1, 0.15) is 5.82 Å². The van der Waals surface area contributed by atoms with Crippen LogP contribution >= 0.6 is 12.2 Å². The zero-order chi connectivity index (χ0) is 25.5. The van der Waals surface area contributed by atoms with E-state index in [0.717, 1.165) is 79.9 Å². The number of aryl methyl sites for hydroxylation is 1. The Bertz CT molecular complexity index is 1040. The second-order valence-corrected chi connectivity index (χ2v) is 10.3. The van der Waals surface area contributed by atoms with Crippen LogP contribution in [-0.4, -0.2) is 62.0 Å². The number of hydrogen-bond acceptors (Lipinski definition) is 7. The van der Waals surface area contributed by atoms with Crippen LogP contribution in [0.1, 0.15) is 55.3 Å². The molecule has 0 unspecified atom stereocenters. The molecule has 2 aromatic rings. The van der Waals surface area contributed by atoms with E-state index in [1.165, 1.54) is 29.7 Å². The summed E-state index contributed by atoms with van der Waals surface area (Å²) in [5.74, 6) is 3.35. The molecule has 1 aromatic carbocycles. The lowest BCUT2D eigenvalue weighted by molar-refractivity contribution is 0.354. The number of nitrogens with one attached hydrogen (secondary N) is 3. The highest BCUT2D eigenvalue weighted by Crippen LogP contribution is 2.30. The van der Waals surface area contributed by atoms with Gasteiger partial charge in [-0.25, -0.2) is 4.98 Å². The first-order chi connectivity index (χ1) is 17.5. The van der Waals surface area contributed by atoms with Crippen LogP contribution in [0.5, 0.6) is 11.5 Å². The molecule has 1 fully saturated rings. The Kier molecular flexibility index (Phi) is 9.07. The number of benzene rings is 1. The first kappa shape index (κ1) is 26.3. The molecule has 1 heterocycles. The molecule has 8 nitrogen and oxygen atoms in total. The molecule has 4 rings (SSSR count). The third kappa shape index (κ3) is 6.69. The van der Waals surface area contributed by atoms with Crippen molar-refractivity contribution in [3.05, 3.63) is 35.0 Å². The van der Waals surface area contributed by atoms with Gasteiger partial charge in [0.15, 0.2) is 16.6 Å². The second kappa shape index (κ2) is 12.4. The first-order valence-electron chi connectivity index (χ1n) is 13.1. The predicted octanol–water partition coefficient (Wildman–Crippen LogP) is 3.87. The summed E-state index contributed by atoms with van der Waals surface area (Å²) in [6, 6.07) is 6.80. The lowest BCUT2D eigenvalue weighted by atomic mass is 9.91. The zero-order valence-corrected chi connectivity index (χ0v) is 22.8. The number of methoxy groups -OCH3 is 2. The molecule has 0 amide bonds. The van der Waals surface area contributed by atoms with E-state index in [1.807, 2.05) is 12.1 Å². The Hall–Kier alpha value is -2.81. The van der Waals surface area contributed by atoms with Crippen LogP contribution in [0.25, 0.3) is 0 Å². The molecule has 1 aromatic heterocycles. The highest BCUT2D eigenvalue weighted by Gasteiger charge is 2.24. The van der Waals surface area contributed by atoms with Gasteiger partial charge in [0.25, 0.3) is 0 Å². The number of ether oxygens (including phenoxy) is 2. The topological polar surface area (TPSA) is 83.6 Å². The molecule has 9 heteroatoms. The van der Waals surface area contributed by atoms with Crippen molar-refractivity contribution in [1.29, 1.82) is 0 Å². The summed E-state index contributed by atoms with van der Waals surface area (Å²) in [5.41, 5.74) is 3.73. The number of aromatic nitrogens is 2. The number of thiocarbonyl (C=S) groups is 1. The Balaban J connectivity index is 1.21. The van der Waals surface area contributed by atoms with Crippen LogP contribution in [0.3, 0.4) is 0 Å². The molecule has 0 bridgehead atoms. The van der Waals surface area contributed by atoms with Gasteiger partial charge in [-0.2, -0.15) is 4.98 Å². The van der Waals surface area contributed by atoms with E-state index in [1.54, 1.807) is 14.2 Å². The molecular weight excluding hydrogens is 472 g/mol. The molecule has 0 aliphatic heterocycles. The molecule has 0 saturated heterocycles. The molecule has 2 aliphatic carbocycles. The standard InChI is InChI=1S/C27H40N6O2S/c1-33(2)25-21-7-5-6-8-22(21)31-26(32-25)29-19-10-12-20(13-11-19)30-27(36)28-16-15-18-9-14-23(34-3)24(17-18)35-4/h9,14,17,19-20H,5-8,10-13,15-16H2,1-4H3,(H2,28,30,36)(H,29,31,32)/t19-,20+. The number of anilines is 2. The minimum Gasteiger partial charge on any atom is -0.493 e. The van der Waals surface area contributed by atoms with Gasteiger partial charge in [-0.3, -0.25) is 0 Å². The molecule has 0 radical (unpaired) electrons. The number of hydrogen-bond donors (Lipinski definition) is 3. The quantitative estimate of drug-likeness (QED) is 0.434. The van der Waals surface area contributed by atoms with E-state index < -0.39 is 0 Å². The van der Waals surface area contributed by atoms with Gasteiger partial charge < -0.3 is 30.3 Å². The molecule has 3 N–H and O–H groups in total. The van der Waals surface area contributed by atoms with E-state index >= 15 is 0 Å². The smallest absolute Gasteiger partial charge is 0.225 e. The third-order valence-corrected chi connectivity index (χ3v) is 7.39. The number of rotatable bonds is 9. The summed E-state index contributed by atoms with van der Waals surface area (Å²) in [4.78, 5) is 11.9. The van der Waals surface area contributed by atoms with Crippen molar-refractivity contribution in [2.75, 3.05) is 45.1 Å². The fourth-order valence-electron chi connectivity index (χ4n) is 5.17. The molecular formula is C27H40N6O2S. The maximum absolute atomic E-state index is 5.56. The zero-order valence-electron chi connectivity index (χ0n) is 22.0. The summed E-state index contributed by atoms with van der Waals surface area (Å²) in [6.45, 7) is 0.766. The van der Waals surface area contributed by atoms with Crippen LogP contribution in [0.4, 0.5) is 11.8 Å². The minimum atomic E-state index is 0.394. The molecule has 1 saturated carbocycles. The van der Waals surface area contributed by atoms with Gasteiger partial charge in [0, 0.05) is 38.3 Å². The Morgan fingerprint density at radius 2 is 1.72 bits per heavy atom. The van der Waals surface area contributed by atoms with Gasteiger partial charge in [0.2, 0.25) is 5.95 Å². The van der Waals surface area contributed by atoms with E-state index in [0.29, 0.717) is 12.1 Å². The van der Waals surface area contributed by atoms with Crippen molar-refractivity contribution in [3.8, 4) is 11.5 Å². The molecule has 0 atom stereocenters. The van der Waals surface area contributed by atoms with Crippen LogP contribution < -0.4 is 30.3 Å². The lowest BCUT2D eigenvalue weighted by Crippen LogP contribution is -2.45. The highest BCUT2D eigenvalue weighted by atomic mass is 32.1.